The number of likely N-dealkylation sites (tertiary alicyclic amines) is 1. The number of amides is 1. The van der Waals surface area contributed by atoms with E-state index in [-0.39, 0.29) is 29.6 Å². The van der Waals surface area contributed by atoms with Gasteiger partial charge in [0, 0.05) is 19.0 Å². The smallest absolute Gasteiger partial charge is 0.307 e. The van der Waals surface area contributed by atoms with Crippen molar-refractivity contribution in [1.82, 2.24) is 4.90 Å². The van der Waals surface area contributed by atoms with Gasteiger partial charge < -0.3 is 10.0 Å². The third-order valence-corrected chi connectivity index (χ3v) is 5.13. The van der Waals surface area contributed by atoms with Crippen LogP contribution in [0.5, 0.6) is 0 Å². The van der Waals surface area contributed by atoms with Crippen LogP contribution in [-0.4, -0.2) is 35.0 Å². The van der Waals surface area contributed by atoms with E-state index in [4.69, 9.17) is 5.11 Å². The van der Waals surface area contributed by atoms with Crippen LogP contribution in [0.25, 0.3) is 0 Å². The van der Waals surface area contributed by atoms with Crippen molar-refractivity contribution in [2.24, 2.45) is 23.7 Å². The number of aliphatic carboxylic acids is 1. The SMILES string of the molecule is O=C(O)C1C2CN(C(=O)C3CC3c3ccccc3)CC21. The Hall–Kier alpha value is -1.84. The number of hydrogen-bond donors (Lipinski definition) is 1. The normalized spacial score (nSPS) is 37.4. The molecule has 1 heterocycles. The lowest BCUT2D eigenvalue weighted by molar-refractivity contribution is -0.141. The first-order valence-electron chi connectivity index (χ1n) is 7.23. The van der Waals surface area contributed by atoms with Crippen LogP contribution in [0.2, 0.25) is 0 Å². The summed E-state index contributed by atoms with van der Waals surface area (Å²) in [5.74, 6) is 0.267. The molecule has 0 bridgehead atoms. The van der Waals surface area contributed by atoms with E-state index < -0.39 is 5.97 Å². The topological polar surface area (TPSA) is 57.6 Å². The van der Waals surface area contributed by atoms with Crippen LogP contribution in [0.4, 0.5) is 0 Å². The zero-order chi connectivity index (χ0) is 13.9. The lowest BCUT2D eigenvalue weighted by atomic mass is 10.1. The predicted molar refractivity (Wildman–Crippen MR) is 72.0 cm³/mol. The summed E-state index contributed by atoms with van der Waals surface area (Å²) >= 11 is 0. The standard InChI is InChI=1S/C16H17NO3/c18-15(11-6-10(11)9-4-2-1-3-5-9)17-7-12-13(8-17)14(12)16(19)20/h1-5,10-14H,6-8H2,(H,19,20). The van der Waals surface area contributed by atoms with E-state index in [1.54, 1.807) is 0 Å². The lowest BCUT2D eigenvalue weighted by Crippen LogP contribution is -2.34. The number of carbonyl (C=O) groups is 2. The molecule has 4 rings (SSSR count). The zero-order valence-electron chi connectivity index (χ0n) is 11.1. The van der Waals surface area contributed by atoms with Crippen molar-refractivity contribution in [3.63, 3.8) is 0 Å². The number of carboxylic acid groups (broad SMARTS) is 1. The van der Waals surface area contributed by atoms with Crippen molar-refractivity contribution < 1.29 is 14.7 Å². The number of nitrogens with zero attached hydrogens (tertiary/aromatic N) is 1. The lowest BCUT2D eigenvalue weighted by Gasteiger charge is -2.19. The second-order valence-corrected chi connectivity index (χ2v) is 6.29. The second kappa shape index (κ2) is 4.08. The van der Waals surface area contributed by atoms with Crippen LogP contribution < -0.4 is 0 Å². The maximum atomic E-state index is 12.4. The molecule has 0 spiro atoms. The molecule has 2 saturated carbocycles. The van der Waals surface area contributed by atoms with E-state index in [1.165, 1.54) is 5.56 Å². The minimum Gasteiger partial charge on any atom is -0.481 e. The molecule has 4 atom stereocenters. The van der Waals surface area contributed by atoms with Gasteiger partial charge in [-0.25, -0.2) is 0 Å². The first kappa shape index (κ1) is 11.9. The molecule has 1 aliphatic heterocycles. The largest absolute Gasteiger partial charge is 0.481 e. The molecule has 4 nitrogen and oxygen atoms in total. The molecule has 4 unspecified atom stereocenters. The summed E-state index contributed by atoms with van der Waals surface area (Å²) in [4.78, 5) is 25.2. The third kappa shape index (κ3) is 1.74. The van der Waals surface area contributed by atoms with Gasteiger partial charge in [0.1, 0.15) is 0 Å². The summed E-state index contributed by atoms with van der Waals surface area (Å²) in [5, 5.41) is 8.99. The minimum atomic E-state index is -0.694. The van der Waals surface area contributed by atoms with E-state index >= 15 is 0 Å². The van der Waals surface area contributed by atoms with Gasteiger partial charge in [0.2, 0.25) is 5.91 Å². The van der Waals surface area contributed by atoms with Crippen LogP contribution in [0.15, 0.2) is 30.3 Å². The van der Waals surface area contributed by atoms with Gasteiger partial charge in [-0.1, -0.05) is 30.3 Å². The van der Waals surface area contributed by atoms with Crippen molar-refractivity contribution in [2.75, 3.05) is 13.1 Å². The van der Waals surface area contributed by atoms with E-state index in [2.05, 4.69) is 12.1 Å². The molecule has 1 N–H and O–H groups in total. The highest BCUT2D eigenvalue weighted by atomic mass is 16.4. The quantitative estimate of drug-likeness (QED) is 0.908. The highest BCUT2D eigenvalue weighted by molar-refractivity contribution is 5.84. The maximum absolute atomic E-state index is 12.4. The molecule has 2 aliphatic carbocycles. The van der Waals surface area contributed by atoms with Gasteiger partial charge in [-0.15, -0.1) is 0 Å². The van der Waals surface area contributed by atoms with Crippen molar-refractivity contribution in [3.8, 4) is 0 Å². The van der Waals surface area contributed by atoms with Crippen molar-refractivity contribution in [2.45, 2.75) is 12.3 Å². The third-order valence-electron chi connectivity index (χ3n) is 5.13. The van der Waals surface area contributed by atoms with Gasteiger partial charge in [0.15, 0.2) is 0 Å². The molecule has 3 fully saturated rings. The zero-order valence-corrected chi connectivity index (χ0v) is 11.1. The summed E-state index contributed by atoms with van der Waals surface area (Å²) in [7, 11) is 0. The van der Waals surface area contributed by atoms with Crippen LogP contribution in [0, 0.1) is 23.7 Å². The van der Waals surface area contributed by atoms with Gasteiger partial charge in [0.25, 0.3) is 0 Å². The van der Waals surface area contributed by atoms with Gasteiger partial charge in [0.05, 0.1) is 5.92 Å². The first-order chi connectivity index (χ1) is 9.66. The molecule has 1 saturated heterocycles. The van der Waals surface area contributed by atoms with E-state index in [0.29, 0.717) is 19.0 Å². The monoisotopic (exact) mass is 271 g/mol. The number of benzene rings is 1. The summed E-state index contributed by atoms with van der Waals surface area (Å²) in [6, 6.07) is 10.2. The Morgan fingerprint density at radius 3 is 2.35 bits per heavy atom. The minimum absolute atomic E-state index is 0.123. The number of carboxylic acids is 1. The summed E-state index contributed by atoms with van der Waals surface area (Å²) in [6.07, 6.45) is 0.942. The molecule has 0 radical (unpaired) electrons. The van der Waals surface area contributed by atoms with Crippen molar-refractivity contribution in [3.05, 3.63) is 35.9 Å². The molecular formula is C16H17NO3. The number of rotatable bonds is 3. The Morgan fingerprint density at radius 1 is 1.10 bits per heavy atom. The number of carbonyl (C=O) groups excluding carboxylic acids is 1. The average Bonchev–Trinajstić information content (AvgIpc) is 3.35. The van der Waals surface area contributed by atoms with Crippen LogP contribution >= 0.6 is 0 Å². The Bertz CT molecular complexity index is 558. The Kier molecular flexibility index (Phi) is 2.43. The molecule has 3 aliphatic rings. The van der Waals surface area contributed by atoms with Gasteiger partial charge >= 0.3 is 5.97 Å². The fourth-order valence-electron chi connectivity index (χ4n) is 3.84. The highest BCUT2D eigenvalue weighted by Gasteiger charge is 2.61. The van der Waals surface area contributed by atoms with Gasteiger partial charge in [-0.05, 0) is 29.7 Å². The summed E-state index contributed by atoms with van der Waals surface area (Å²) < 4.78 is 0. The Labute approximate surface area is 117 Å². The molecule has 4 heteroatoms. The Balaban J connectivity index is 1.37. The van der Waals surface area contributed by atoms with Crippen LogP contribution in [0.1, 0.15) is 17.9 Å². The van der Waals surface area contributed by atoms with Gasteiger partial charge in [-0.2, -0.15) is 0 Å². The van der Waals surface area contributed by atoms with E-state index in [1.807, 2.05) is 23.1 Å². The molecular weight excluding hydrogens is 254 g/mol. The summed E-state index contributed by atoms with van der Waals surface area (Å²) in [6.45, 7) is 1.30. The van der Waals surface area contributed by atoms with Crippen LogP contribution in [0.3, 0.4) is 0 Å². The van der Waals surface area contributed by atoms with E-state index in [9.17, 15) is 9.59 Å². The number of hydrogen-bond acceptors (Lipinski definition) is 2. The maximum Gasteiger partial charge on any atom is 0.307 e. The predicted octanol–water partition coefficient (Wildman–Crippen LogP) is 1.58. The first-order valence-corrected chi connectivity index (χ1v) is 7.23. The molecule has 1 aromatic rings. The molecule has 1 aromatic carbocycles. The fourth-order valence-corrected chi connectivity index (χ4v) is 3.84. The highest BCUT2D eigenvalue weighted by Crippen LogP contribution is 2.54. The molecule has 0 aromatic heterocycles. The van der Waals surface area contributed by atoms with Crippen molar-refractivity contribution >= 4 is 11.9 Å². The second-order valence-electron chi connectivity index (χ2n) is 6.29. The van der Waals surface area contributed by atoms with E-state index in [0.717, 1.165) is 6.42 Å². The van der Waals surface area contributed by atoms with Gasteiger partial charge in [-0.3, -0.25) is 9.59 Å². The molecule has 104 valence electrons. The fraction of sp³-hybridized carbons (Fsp3) is 0.500. The van der Waals surface area contributed by atoms with Crippen LogP contribution in [-0.2, 0) is 9.59 Å². The number of fused-ring (bicyclic) bond motifs is 1. The van der Waals surface area contributed by atoms with Crippen molar-refractivity contribution in [1.29, 1.82) is 0 Å². The number of piperidine rings is 1. The Morgan fingerprint density at radius 2 is 1.75 bits per heavy atom. The molecule has 20 heavy (non-hydrogen) atoms. The molecule has 1 amide bonds. The summed E-state index contributed by atoms with van der Waals surface area (Å²) in [5.41, 5.74) is 1.25. The average molecular weight is 271 g/mol.